The third-order valence-corrected chi connectivity index (χ3v) is 3.49. The lowest BCUT2D eigenvalue weighted by molar-refractivity contribution is -0.126. The Kier molecular flexibility index (Phi) is 4.03. The molecule has 1 aliphatic rings. The van der Waals surface area contributed by atoms with Gasteiger partial charge in [-0.25, -0.2) is 4.39 Å². The number of halogens is 2. The van der Waals surface area contributed by atoms with E-state index in [4.69, 9.17) is 16.3 Å². The second kappa shape index (κ2) is 5.55. The van der Waals surface area contributed by atoms with Gasteiger partial charge in [0, 0.05) is 13.2 Å². The summed E-state index contributed by atoms with van der Waals surface area (Å²) in [5, 5.41) is 11.9. The quantitative estimate of drug-likeness (QED) is 0.907. The molecule has 0 spiro atoms. The van der Waals surface area contributed by atoms with Gasteiger partial charge in [0.15, 0.2) is 0 Å². The van der Waals surface area contributed by atoms with Gasteiger partial charge in [0.05, 0.1) is 16.8 Å². The molecule has 1 N–H and O–H groups in total. The van der Waals surface area contributed by atoms with Gasteiger partial charge in [-0.05, 0) is 31.0 Å². The number of ether oxygens (including phenoxy) is 1. The summed E-state index contributed by atoms with van der Waals surface area (Å²) in [7, 11) is 0. The summed E-state index contributed by atoms with van der Waals surface area (Å²) in [4.78, 5) is 12.2. The van der Waals surface area contributed by atoms with Crippen LogP contribution in [0.2, 0.25) is 5.02 Å². The normalized spacial score (nSPS) is 17.5. The molecule has 4 nitrogen and oxygen atoms in total. The van der Waals surface area contributed by atoms with Gasteiger partial charge in [-0.3, -0.25) is 4.79 Å². The topological polar surface area (TPSA) is 62.1 Å². The van der Waals surface area contributed by atoms with Gasteiger partial charge >= 0.3 is 0 Å². The smallest absolute Gasteiger partial charge is 0.245 e. The van der Waals surface area contributed by atoms with Crippen LogP contribution in [0.3, 0.4) is 0 Å². The lowest BCUT2D eigenvalue weighted by Gasteiger charge is -2.29. The van der Waals surface area contributed by atoms with E-state index in [1.807, 2.05) is 0 Å². The van der Waals surface area contributed by atoms with E-state index in [1.165, 1.54) is 12.1 Å². The SMILES string of the molecule is N#CC1(C(=O)Nc2ccc(F)cc2Cl)CCOCC1. The van der Waals surface area contributed by atoms with Gasteiger partial charge in [-0.15, -0.1) is 0 Å². The fourth-order valence-corrected chi connectivity index (χ4v) is 2.16. The lowest BCUT2D eigenvalue weighted by atomic mass is 9.81. The first kappa shape index (κ1) is 13.8. The predicted octanol–water partition coefficient (Wildman–Crippen LogP) is 2.74. The Morgan fingerprint density at radius 2 is 2.16 bits per heavy atom. The highest BCUT2D eigenvalue weighted by Gasteiger charge is 2.40. The number of hydrogen-bond donors (Lipinski definition) is 1. The van der Waals surface area contributed by atoms with Gasteiger partial charge in [0.25, 0.3) is 0 Å². The molecule has 1 aliphatic heterocycles. The molecule has 0 aromatic heterocycles. The van der Waals surface area contributed by atoms with Crippen molar-refractivity contribution in [1.82, 2.24) is 0 Å². The van der Waals surface area contributed by atoms with Crippen molar-refractivity contribution in [2.45, 2.75) is 12.8 Å². The van der Waals surface area contributed by atoms with E-state index >= 15 is 0 Å². The van der Waals surface area contributed by atoms with Gasteiger partial charge in [-0.2, -0.15) is 5.26 Å². The van der Waals surface area contributed by atoms with Crippen LogP contribution in [0.5, 0.6) is 0 Å². The Hall–Kier alpha value is -1.64. The molecule has 0 saturated carbocycles. The van der Waals surface area contributed by atoms with Gasteiger partial charge in [-0.1, -0.05) is 11.6 Å². The van der Waals surface area contributed by atoms with E-state index < -0.39 is 17.1 Å². The van der Waals surface area contributed by atoms with Crippen LogP contribution in [0.25, 0.3) is 0 Å². The summed E-state index contributed by atoms with van der Waals surface area (Å²) in [6.07, 6.45) is 0.683. The largest absolute Gasteiger partial charge is 0.381 e. The maximum absolute atomic E-state index is 12.9. The number of benzene rings is 1. The number of nitrogens with zero attached hydrogens (tertiary/aromatic N) is 1. The minimum atomic E-state index is -1.10. The molecule has 0 radical (unpaired) electrons. The molecule has 0 aliphatic carbocycles. The first-order valence-corrected chi connectivity index (χ1v) is 6.21. The predicted molar refractivity (Wildman–Crippen MR) is 68.1 cm³/mol. The molecule has 1 amide bonds. The van der Waals surface area contributed by atoms with E-state index in [0.717, 1.165) is 6.07 Å². The van der Waals surface area contributed by atoms with Crippen LogP contribution in [0.4, 0.5) is 10.1 Å². The minimum absolute atomic E-state index is 0.105. The van der Waals surface area contributed by atoms with Crippen molar-refractivity contribution < 1.29 is 13.9 Å². The summed E-state index contributed by atoms with van der Waals surface area (Å²) >= 11 is 5.84. The molecule has 2 rings (SSSR count). The van der Waals surface area contributed by atoms with E-state index in [1.54, 1.807) is 0 Å². The van der Waals surface area contributed by atoms with Crippen molar-refractivity contribution >= 4 is 23.2 Å². The Bertz CT molecular complexity index is 536. The number of hydrogen-bond acceptors (Lipinski definition) is 3. The third kappa shape index (κ3) is 2.86. The van der Waals surface area contributed by atoms with Crippen molar-refractivity contribution in [3.8, 4) is 6.07 Å². The van der Waals surface area contributed by atoms with E-state index in [0.29, 0.717) is 31.7 Å². The number of nitrogens with one attached hydrogen (secondary N) is 1. The number of rotatable bonds is 2. The highest BCUT2D eigenvalue weighted by molar-refractivity contribution is 6.33. The van der Waals surface area contributed by atoms with Crippen LogP contribution < -0.4 is 5.32 Å². The zero-order valence-corrected chi connectivity index (χ0v) is 10.8. The Labute approximate surface area is 115 Å². The number of nitriles is 1. The molecule has 1 saturated heterocycles. The monoisotopic (exact) mass is 282 g/mol. The highest BCUT2D eigenvalue weighted by Crippen LogP contribution is 2.32. The average Bonchev–Trinajstić information content (AvgIpc) is 2.42. The zero-order valence-electron chi connectivity index (χ0n) is 10.1. The van der Waals surface area contributed by atoms with Crippen LogP contribution in [-0.2, 0) is 9.53 Å². The fourth-order valence-electron chi connectivity index (χ4n) is 1.94. The molecule has 1 aromatic carbocycles. The zero-order chi connectivity index (χ0) is 13.9. The second-order valence-electron chi connectivity index (χ2n) is 4.38. The molecule has 1 heterocycles. The lowest BCUT2D eigenvalue weighted by Crippen LogP contribution is -2.40. The van der Waals surface area contributed by atoms with Gasteiger partial charge in [0.2, 0.25) is 5.91 Å². The summed E-state index contributed by atoms with van der Waals surface area (Å²) in [6.45, 7) is 0.746. The van der Waals surface area contributed by atoms with Gasteiger partial charge in [0.1, 0.15) is 11.2 Å². The molecule has 19 heavy (non-hydrogen) atoms. The first-order valence-electron chi connectivity index (χ1n) is 5.83. The van der Waals surface area contributed by atoms with E-state index in [-0.39, 0.29) is 5.02 Å². The molecule has 6 heteroatoms. The van der Waals surface area contributed by atoms with Crippen molar-refractivity contribution in [1.29, 1.82) is 5.26 Å². The number of amides is 1. The van der Waals surface area contributed by atoms with Crippen molar-refractivity contribution in [3.63, 3.8) is 0 Å². The minimum Gasteiger partial charge on any atom is -0.381 e. The Morgan fingerprint density at radius 1 is 1.47 bits per heavy atom. The van der Waals surface area contributed by atoms with Crippen LogP contribution in [0.15, 0.2) is 18.2 Å². The molecular weight excluding hydrogens is 271 g/mol. The maximum Gasteiger partial charge on any atom is 0.245 e. The van der Waals surface area contributed by atoms with Crippen molar-refractivity contribution in [2.75, 3.05) is 18.5 Å². The summed E-state index contributed by atoms with van der Waals surface area (Å²) in [5.74, 6) is -0.907. The van der Waals surface area contributed by atoms with E-state index in [2.05, 4.69) is 11.4 Å². The third-order valence-electron chi connectivity index (χ3n) is 3.17. The van der Waals surface area contributed by atoms with Crippen LogP contribution in [-0.4, -0.2) is 19.1 Å². The fraction of sp³-hybridized carbons (Fsp3) is 0.385. The molecule has 0 bridgehead atoms. The van der Waals surface area contributed by atoms with Crippen LogP contribution in [0.1, 0.15) is 12.8 Å². The highest BCUT2D eigenvalue weighted by atomic mass is 35.5. The van der Waals surface area contributed by atoms with Crippen LogP contribution in [0, 0.1) is 22.6 Å². The van der Waals surface area contributed by atoms with Crippen molar-refractivity contribution in [3.05, 3.63) is 29.0 Å². The maximum atomic E-state index is 12.9. The molecule has 100 valence electrons. The first-order chi connectivity index (χ1) is 9.07. The molecule has 1 aromatic rings. The summed E-state index contributed by atoms with van der Waals surface area (Å²) in [6, 6.07) is 5.74. The number of anilines is 1. The number of carbonyl (C=O) groups is 1. The summed E-state index contributed by atoms with van der Waals surface area (Å²) < 4.78 is 18.1. The number of carbonyl (C=O) groups excluding carboxylic acids is 1. The Morgan fingerprint density at radius 3 is 2.74 bits per heavy atom. The van der Waals surface area contributed by atoms with E-state index in [9.17, 15) is 14.4 Å². The molecule has 0 atom stereocenters. The standard InChI is InChI=1S/C13H12ClFN2O2/c14-10-7-9(15)1-2-11(10)17-12(18)13(8-16)3-5-19-6-4-13/h1-2,7H,3-6H2,(H,17,18). The van der Waals surface area contributed by atoms with Crippen LogP contribution >= 0.6 is 11.6 Å². The van der Waals surface area contributed by atoms with Gasteiger partial charge < -0.3 is 10.1 Å². The van der Waals surface area contributed by atoms with Crippen molar-refractivity contribution in [2.24, 2.45) is 5.41 Å². The average molecular weight is 283 g/mol. The second-order valence-corrected chi connectivity index (χ2v) is 4.79. The molecule has 1 fully saturated rings. The molecular formula is C13H12ClFN2O2. The summed E-state index contributed by atoms with van der Waals surface area (Å²) in [5.41, 5.74) is -0.801. The molecule has 0 unspecified atom stereocenters. The Balaban J connectivity index is 2.18.